The van der Waals surface area contributed by atoms with E-state index in [9.17, 15) is 4.79 Å². The van der Waals surface area contributed by atoms with Gasteiger partial charge < -0.3 is 4.74 Å². The average Bonchev–Trinajstić information content (AvgIpc) is 2.37. The van der Waals surface area contributed by atoms with Crippen LogP contribution in [-0.2, 0) is 0 Å². The molecule has 0 aliphatic carbocycles. The number of hydrogen-bond donors (Lipinski definition) is 0. The van der Waals surface area contributed by atoms with E-state index in [1.165, 1.54) is 0 Å². The molecule has 98 valence electrons. The summed E-state index contributed by atoms with van der Waals surface area (Å²) in [5.41, 5.74) is 2.21. The molecule has 3 nitrogen and oxygen atoms in total. The lowest BCUT2D eigenvalue weighted by Crippen LogP contribution is -2.03. The van der Waals surface area contributed by atoms with E-state index in [1.54, 1.807) is 18.5 Å². The fourth-order valence-electron chi connectivity index (χ4n) is 1.82. The summed E-state index contributed by atoms with van der Waals surface area (Å²) >= 11 is 3.40. The van der Waals surface area contributed by atoms with E-state index >= 15 is 0 Å². The molecule has 0 spiro atoms. The van der Waals surface area contributed by atoms with Crippen molar-refractivity contribution >= 4 is 21.7 Å². The number of hydrogen-bond acceptors (Lipinski definition) is 3. The molecule has 0 N–H and O–H groups in total. The minimum atomic E-state index is -0.0570. The van der Waals surface area contributed by atoms with Gasteiger partial charge in [-0.1, -0.05) is 15.9 Å². The summed E-state index contributed by atoms with van der Waals surface area (Å²) < 4.78 is 6.25. The van der Waals surface area contributed by atoms with E-state index in [2.05, 4.69) is 20.9 Å². The predicted molar refractivity (Wildman–Crippen MR) is 77.7 cm³/mol. The Morgan fingerprint density at radius 2 is 2.00 bits per heavy atom. The van der Waals surface area contributed by atoms with Gasteiger partial charge in [-0.25, -0.2) is 0 Å². The van der Waals surface area contributed by atoms with E-state index in [-0.39, 0.29) is 5.78 Å². The lowest BCUT2D eigenvalue weighted by Gasteiger charge is -2.06. The largest absolute Gasteiger partial charge is 0.492 e. The third-order valence-electron chi connectivity index (χ3n) is 2.59. The van der Waals surface area contributed by atoms with E-state index < -0.39 is 0 Å². The first kappa shape index (κ1) is 13.7. The third kappa shape index (κ3) is 3.41. The van der Waals surface area contributed by atoms with E-state index in [0.29, 0.717) is 23.5 Å². The zero-order chi connectivity index (χ0) is 13.8. The molecule has 0 bridgehead atoms. The van der Waals surface area contributed by atoms with Gasteiger partial charge in [-0.15, -0.1) is 0 Å². The van der Waals surface area contributed by atoms with Gasteiger partial charge in [0.15, 0.2) is 5.78 Å². The second kappa shape index (κ2) is 5.97. The fraction of sp³-hybridized carbons (Fsp3) is 0.200. The summed E-state index contributed by atoms with van der Waals surface area (Å²) in [6, 6.07) is 7.35. The first-order chi connectivity index (χ1) is 9.10. The number of ketones is 1. The molecule has 2 aromatic rings. The molecule has 19 heavy (non-hydrogen) atoms. The molecule has 0 aliphatic heterocycles. The van der Waals surface area contributed by atoms with E-state index in [0.717, 1.165) is 10.0 Å². The SMILES string of the molecule is CCOc1cncc(C(=O)c2cc(C)cc(Br)c2)c1. The topological polar surface area (TPSA) is 39.2 Å². The Balaban J connectivity index is 2.35. The fourth-order valence-corrected chi connectivity index (χ4v) is 2.43. The van der Waals surface area contributed by atoms with Gasteiger partial charge in [0.25, 0.3) is 0 Å². The highest BCUT2D eigenvalue weighted by molar-refractivity contribution is 9.10. The molecule has 0 fully saturated rings. The summed E-state index contributed by atoms with van der Waals surface area (Å²) in [7, 11) is 0. The molecule has 1 heterocycles. The molecule has 2 rings (SSSR count). The van der Waals surface area contributed by atoms with Gasteiger partial charge in [0.2, 0.25) is 0 Å². The van der Waals surface area contributed by atoms with Crippen LogP contribution in [0.15, 0.2) is 41.1 Å². The maximum atomic E-state index is 12.4. The van der Waals surface area contributed by atoms with Crippen LogP contribution in [0.1, 0.15) is 28.4 Å². The standard InChI is InChI=1S/C15H14BrNO2/c1-3-19-14-7-12(8-17-9-14)15(18)11-4-10(2)5-13(16)6-11/h4-9H,3H2,1-2H3. The number of halogens is 1. The van der Waals surface area contributed by atoms with Crippen molar-refractivity contribution in [3.05, 3.63) is 57.8 Å². The van der Waals surface area contributed by atoms with Crippen LogP contribution in [0.4, 0.5) is 0 Å². The minimum Gasteiger partial charge on any atom is -0.492 e. The number of carbonyl (C=O) groups is 1. The molecule has 1 aromatic heterocycles. The monoisotopic (exact) mass is 319 g/mol. The molecule has 0 saturated heterocycles. The molecule has 0 aliphatic rings. The Hall–Kier alpha value is -1.68. The number of pyridine rings is 1. The number of rotatable bonds is 4. The average molecular weight is 320 g/mol. The summed E-state index contributed by atoms with van der Waals surface area (Å²) in [6.45, 7) is 4.40. The van der Waals surface area contributed by atoms with Gasteiger partial charge in [-0.2, -0.15) is 0 Å². The molecule has 4 heteroatoms. The van der Waals surface area contributed by atoms with Crippen LogP contribution in [0.25, 0.3) is 0 Å². The van der Waals surface area contributed by atoms with Crippen LogP contribution in [0, 0.1) is 6.92 Å². The van der Waals surface area contributed by atoms with Crippen molar-refractivity contribution in [2.24, 2.45) is 0 Å². The first-order valence-electron chi connectivity index (χ1n) is 6.00. The van der Waals surface area contributed by atoms with Gasteiger partial charge >= 0.3 is 0 Å². The Kier molecular flexibility index (Phi) is 4.32. The Morgan fingerprint density at radius 3 is 2.68 bits per heavy atom. The lowest BCUT2D eigenvalue weighted by molar-refractivity contribution is 0.103. The number of ether oxygens (including phenoxy) is 1. The maximum Gasteiger partial charge on any atom is 0.194 e. The van der Waals surface area contributed by atoms with E-state index in [1.807, 2.05) is 32.0 Å². The zero-order valence-corrected chi connectivity index (χ0v) is 12.4. The van der Waals surface area contributed by atoms with Crippen LogP contribution in [0.3, 0.4) is 0 Å². The highest BCUT2D eigenvalue weighted by atomic mass is 79.9. The van der Waals surface area contributed by atoms with Gasteiger partial charge in [-0.3, -0.25) is 9.78 Å². The summed E-state index contributed by atoms with van der Waals surface area (Å²) in [5.74, 6) is 0.554. The van der Waals surface area contributed by atoms with Gasteiger partial charge in [-0.05, 0) is 43.7 Å². The Morgan fingerprint density at radius 1 is 1.21 bits per heavy atom. The van der Waals surface area contributed by atoms with Crippen molar-refractivity contribution in [3.63, 3.8) is 0 Å². The zero-order valence-electron chi connectivity index (χ0n) is 10.8. The quantitative estimate of drug-likeness (QED) is 0.805. The Bertz CT molecular complexity index is 591. The lowest BCUT2D eigenvalue weighted by atomic mass is 10.0. The van der Waals surface area contributed by atoms with Crippen LogP contribution < -0.4 is 4.74 Å². The molecular formula is C15H14BrNO2. The molecule has 0 amide bonds. The summed E-state index contributed by atoms with van der Waals surface area (Å²) in [4.78, 5) is 16.4. The Labute approximate surface area is 120 Å². The molecular weight excluding hydrogens is 306 g/mol. The molecule has 1 aromatic carbocycles. The maximum absolute atomic E-state index is 12.4. The predicted octanol–water partition coefficient (Wildman–Crippen LogP) is 3.78. The first-order valence-corrected chi connectivity index (χ1v) is 6.79. The summed E-state index contributed by atoms with van der Waals surface area (Å²) in [6.07, 6.45) is 3.16. The number of nitrogens with zero attached hydrogens (tertiary/aromatic N) is 1. The van der Waals surface area contributed by atoms with Crippen molar-refractivity contribution in [2.45, 2.75) is 13.8 Å². The van der Waals surface area contributed by atoms with Gasteiger partial charge in [0.05, 0.1) is 12.8 Å². The third-order valence-corrected chi connectivity index (χ3v) is 3.05. The highest BCUT2D eigenvalue weighted by Gasteiger charge is 2.11. The minimum absolute atomic E-state index is 0.0570. The van der Waals surface area contributed by atoms with Crippen LogP contribution in [0.5, 0.6) is 5.75 Å². The van der Waals surface area contributed by atoms with Crippen molar-refractivity contribution < 1.29 is 9.53 Å². The second-order valence-electron chi connectivity index (χ2n) is 4.19. The van der Waals surface area contributed by atoms with Crippen molar-refractivity contribution in [2.75, 3.05) is 6.61 Å². The highest BCUT2D eigenvalue weighted by Crippen LogP contribution is 2.19. The molecule has 0 radical (unpaired) electrons. The van der Waals surface area contributed by atoms with Gasteiger partial charge in [0.1, 0.15) is 5.75 Å². The van der Waals surface area contributed by atoms with Gasteiger partial charge in [0, 0.05) is 21.8 Å². The number of aromatic nitrogens is 1. The van der Waals surface area contributed by atoms with E-state index in [4.69, 9.17) is 4.74 Å². The molecule has 0 unspecified atom stereocenters. The second-order valence-corrected chi connectivity index (χ2v) is 5.10. The number of carbonyl (C=O) groups excluding carboxylic acids is 1. The van der Waals surface area contributed by atoms with Crippen molar-refractivity contribution in [3.8, 4) is 5.75 Å². The number of aryl methyl sites for hydroxylation is 1. The van der Waals surface area contributed by atoms with Crippen molar-refractivity contribution in [1.29, 1.82) is 0 Å². The molecule has 0 atom stereocenters. The van der Waals surface area contributed by atoms with Crippen LogP contribution in [-0.4, -0.2) is 17.4 Å². The smallest absolute Gasteiger partial charge is 0.194 e. The van der Waals surface area contributed by atoms with Crippen molar-refractivity contribution in [1.82, 2.24) is 4.98 Å². The van der Waals surface area contributed by atoms with Crippen LogP contribution in [0.2, 0.25) is 0 Å². The normalized spacial score (nSPS) is 10.3. The molecule has 0 saturated carbocycles. The number of benzene rings is 1. The van der Waals surface area contributed by atoms with Crippen LogP contribution >= 0.6 is 15.9 Å². The summed E-state index contributed by atoms with van der Waals surface area (Å²) in [5, 5.41) is 0.